The van der Waals surface area contributed by atoms with E-state index >= 15 is 0 Å². The minimum absolute atomic E-state index is 0.249. The quantitative estimate of drug-likeness (QED) is 0.202. The Morgan fingerprint density at radius 2 is 1.47 bits per heavy atom. The van der Waals surface area contributed by atoms with Crippen LogP contribution in [0.15, 0.2) is 168 Å². The number of anilines is 2. The van der Waals surface area contributed by atoms with Crippen LogP contribution < -0.4 is 4.90 Å². The average molecular weight is 580 g/mol. The molecule has 0 aliphatic heterocycles. The summed E-state index contributed by atoms with van der Waals surface area (Å²) in [5.41, 5.74) is 11.9. The molecule has 2 nitrogen and oxygen atoms in total. The summed E-state index contributed by atoms with van der Waals surface area (Å²) < 4.78 is 6.67. The van der Waals surface area contributed by atoms with Crippen LogP contribution in [0.1, 0.15) is 41.5 Å². The van der Waals surface area contributed by atoms with E-state index in [1.165, 1.54) is 39.1 Å². The molecule has 2 atom stereocenters. The maximum Gasteiger partial charge on any atom is 0.135 e. The van der Waals surface area contributed by atoms with E-state index in [4.69, 9.17) is 4.42 Å². The highest BCUT2D eigenvalue weighted by Gasteiger charge is 2.47. The van der Waals surface area contributed by atoms with Crippen molar-refractivity contribution in [3.8, 4) is 0 Å². The van der Waals surface area contributed by atoms with E-state index in [2.05, 4.69) is 163 Å². The Kier molecular flexibility index (Phi) is 6.02. The average Bonchev–Trinajstić information content (AvgIpc) is 3.63. The standard InChI is InChI=1S/C43H33NO/c1-4-14-30(15-5-1)43(39-22-12-10-20-35(39)36-21-11-13-23-40(36)43)31-24-26-37-38-29-34(25-27-41(38)45-42(37)28-31)44(32-16-6-2-7-17-32)33-18-8-3-9-19-33/h1-10,12-18,20,22-29,33H,11,19,21H2. The molecule has 45 heavy (non-hydrogen) atoms. The third-order valence-electron chi connectivity index (χ3n) is 9.93. The van der Waals surface area contributed by atoms with Gasteiger partial charge >= 0.3 is 0 Å². The van der Waals surface area contributed by atoms with Gasteiger partial charge in [-0.2, -0.15) is 0 Å². The molecular weight excluding hydrogens is 546 g/mol. The fourth-order valence-electron chi connectivity index (χ4n) is 8.02. The normalized spacial score (nSPS) is 20.1. The maximum absolute atomic E-state index is 6.67. The van der Waals surface area contributed by atoms with E-state index in [1.807, 2.05) is 0 Å². The molecule has 0 saturated heterocycles. The molecule has 0 saturated carbocycles. The maximum atomic E-state index is 6.67. The Morgan fingerprint density at radius 3 is 2.31 bits per heavy atom. The van der Waals surface area contributed by atoms with Gasteiger partial charge in [-0.3, -0.25) is 0 Å². The van der Waals surface area contributed by atoms with Crippen LogP contribution in [0.4, 0.5) is 11.4 Å². The zero-order valence-electron chi connectivity index (χ0n) is 25.1. The Morgan fingerprint density at radius 1 is 0.644 bits per heavy atom. The van der Waals surface area contributed by atoms with Gasteiger partial charge in [0.05, 0.1) is 11.5 Å². The molecule has 3 aliphatic rings. The van der Waals surface area contributed by atoms with Crippen molar-refractivity contribution in [2.24, 2.45) is 0 Å². The second-order valence-corrected chi connectivity index (χ2v) is 12.3. The first-order valence-electron chi connectivity index (χ1n) is 16.0. The second-order valence-electron chi connectivity index (χ2n) is 12.3. The molecule has 0 spiro atoms. The smallest absolute Gasteiger partial charge is 0.135 e. The molecule has 5 aromatic carbocycles. The number of fused-ring (bicyclic) bond motifs is 5. The lowest BCUT2D eigenvalue weighted by Gasteiger charge is -2.35. The number of para-hydroxylation sites is 1. The van der Waals surface area contributed by atoms with Crippen molar-refractivity contribution in [3.63, 3.8) is 0 Å². The third kappa shape index (κ3) is 3.95. The van der Waals surface area contributed by atoms with Crippen molar-refractivity contribution in [1.82, 2.24) is 0 Å². The summed E-state index contributed by atoms with van der Waals surface area (Å²) in [5, 5.41) is 2.29. The lowest BCUT2D eigenvalue weighted by molar-refractivity contribution is 0.665. The van der Waals surface area contributed by atoms with Crippen LogP contribution in [-0.4, -0.2) is 6.04 Å². The topological polar surface area (TPSA) is 16.4 Å². The molecule has 1 aromatic heterocycles. The van der Waals surface area contributed by atoms with Gasteiger partial charge in [0.1, 0.15) is 11.2 Å². The zero-order valence-corrected chi connectivity index (χ0v) is 25.1. The Balaban J connectivity index is 1.24. The second kappa shape index (κ2) is 10.4. The van der Waals surface area contributed by atoms with Crippen LogP contribution in [0, 0.1) is 0 Å². The van der Waals surface area contributed by atoms with E-state index in [9.17, 15) is 0 Å². The number of nitrogens with zero attached hydrogens (tertiary/aromatic N) is 1. The van der Waals surface area contributed by atoms with Gasteiger partial charge in [-0.15, -0.1) is 0 Å². The number of benzene rings is 5. The highest BCUT2D eigenvalue weighted by atomic mass is 16.3. The zero-order chi connectivity index (χ0) is 29.8. The molecule has 0 N–H and O–H groups in total. The van der Waals surface area contributed by atoms with Crippen molar-refractivity contribution in [1.29, 1.82) is 0 Å². The van der Waals surface area contributed by atoms with Gasteiger partial charge in [0.2, 0.25) is 0 Å². The van der Waals surface area contributed by atoms with Crippen LogP contribution in [0.5, 0.6) is 0 Å². The largest absolute Gasteiger partial charge is 0.456 e. The van der Waals surface area contributed by atoms with Gasteiger partial charge in [0, 0.05) is 22.1 Å². The number of hydrogen-bond donors (Lipinski definition) is 0. The fraction of sp³-hybridized carbons (Fsp3) is 0.116. The minimum Gasteiger partial charge on any atom is -0.456 e. The number of hydrogen-bond acceptors (Lipinski definition) is 2. The van der Waals surface area contributed by atoms with Gasteiger partial charge in [0.15, 0.2) is 0 Å². The van der Waals surface area contributed by atoms with Crippen LogP contribution in [0.3, 0.4) is 0 Å². The molecule has 0 amide bonds. The summed E-state index contributed by atoms with van der Waals surface area (Å²) in [6.07, 6.45) is 16.7. The van der Waals surface area contributed by atoms with Crippen LogP contribution in [0.25, 0.3) is 27.5 Å². The van der Waals surface area contributed by atoms with Crippen molar-refractivity contribution in [3.05, 3.63) is 186 Å². The molecule has 2 heteroatoms. The van der Waals surface area contributed by atoms with Gasteiger partial charge < -0.3 is 9.32 Å². The van der Waals surface area contributed by atoms with E-state index < -0.39 is 5.41 Å². The lowest BCUT2D eigenvalue weighted by Crippen LogP contribution is -2.29. The van der Waals surface area contributed by atoms with Crippen molar-refractivity contribution in [2.45, 2.75) is 30.7 Å². The van der Waals surface area contributed by atoms with Crippen molar-refractivity contribution < 1.29 is 4.42 Å². The van der Waals surface area contributed by atoms with Crippen LogP contribution in [-0.2, 0) is 5.41 Å². The molecule has 2 unspecified atom stereocenters. The molecule has 1 heterocycles. The first kappa shape index (κ1) is 26.1. The fourth-order valence-corrected chi connectivity index (χ4v) is 8.02. The molecule has 0 fully saturated rings. The van der Waals surface area contributed by atoms with Crippen molar-refractivity contribution in [2.75, 3.05) is 4.90 Å². The third-order valence-corrected chi connectivity index (χ3v) is 9.93. The van der Waals surface area contributed by atoms with E-state index in [0.717, 1.165) is 46.9 Å². The van der Waals surface area contributed by atoms with E-state index in [-0.39, 0.29) is 6.04 Å². The summed E-state index contributed by atoms with van der Waals surface area (Å²) in [6.45, 7) is 0. The summed E-state index contributed by atoms with van der Waals surface area (Å²) in [5.74, 6) is 0. The van der Waals surface area contributed by atoms with Gasteiger partial charge in [0.25, 0.3) is 0 Å². The highest BCUT2D eigenvalue weighted by Crippen LogP contribution is 2.57. The predicted molar refractivity (Wildman–Crippen MR) is 187 cm³/mol. The van der Waals surface area contributed by atoms with Gasteiger partial charge in [-0.1, -0.05) is 121 Å². The molecule has 0 radical (unpaired) electrons. The first-order chi connectivity index (χ1) is 22.3. The Bertz CT molecular complexity index is 2200. The molecule has 6 aromatic rings. The number of allylic oxidation sites excluding steroid dienone is 6. The molecular formula is C43H33NO. The van der Waals surface area contributed by atoms with E-state index in [0.29, 0.717) is 0 Å². The van der Waals surface area contributed by atoms with Gasteiger partial charge in [-0.25, -0.2) is 0 Å². The van der Waals surface area contributed by atoms with Gasteiger partial charge in [-0.05, 0) is 89.1 Å². The summed E-state index contributed by atoms with van der Waals surface area (Å²) in [4.78, 5) is 2.44. The lowest BCUT2D eigenvalue weighted by atomic mass is 9.66. The Hall–Kier alpha value is -5.34. The molecule has 3 aliphatic carbocycles. The Labute approximate surface area is 263 Å². The highest BCUT2D eigenvalue weighted by molar-refractivity contribution is 6.07. The minimum atomic E-state index is -0.395. The monoisotopic (exact) mass is 579 g/mol. The number of furan rings is 1. The number of rotatable bonds is 5. The van der Waals surface area contributed by atoms with Crippen LogP contribution in [0.2, 0.25) is 0 Å². The summed E-state index contributed by atoms with van der Waals surface area (Å²) >= 11 is 0. The molecule has 216 valence electrons. The summed E-state index contributed by atoms with van der Waals surface area (Å²) in [7, 11) is 0. The first-order valence-corrected chi connectivity index (χ1v) is 16.0. The van der Waals surface area contributed by atoms with E-state index in [1.54, 1.807) is 0 Å². The predicted octanol–water partition coefficient (Wildman–Crippen LogP) is 11.1. The molecule has 9 rings (SSSR count). The van der Waals surface area contributed by atoms with Crippen LogP contribution >= 0.6 is 0 Å². The molecule has 0 bridgehead atoms. The SMILES string of the molecule is C1=CCC(N(c2ccccc2)c2ccc3oc4cc(C5(c6ccccc6)C6=C(CCC=C6)c6ccccc65)ccc4c3c2)C=C1. The summed E-state index contributed by atoms with van der Waals surface area (Å²) in [6, 6.07) is 44.6. The van der Waals surface area contributed by atoms with Crippen molar-refractivity contribution >= 4 is 38.9 Å².